The molecular formula is C9H11N2NaO2. The molecule has 0 spiro atoms. The molecule has 70 valence electrons. The molecule has 0 saturated heterocycles. The third-order valence-electron chi connectivity index (χ3n) is 0.940. The Kier molecular flexibility index (Phi) is 23.9. The summed E-state index contributed by atoms with van der Waals surface area (Å²) < 4.78 is 0. The first-order valence-electron chi connectivity index (χ1n) is 3.32. The number of hydrogen-bond acceptors (Lipinski definition) is 4. The standard InChI is InChI=1S/C7H8.2CHNO.Na.H/c1-7-5-3-2-4-6-7;2*2-1-3;;/h2-6H,1H3;2*2H;;/q;;;+1;-1. The Morgan fingerprint density at radius 3 is 1.50 bits per heavy atom. The van der Waals surface area contributed by atoms with Gasteiger partial charge < -0.3 is 1.43 Å². The SMILES string of the molecule is Cc1ccccc1.N=C=O.N=C=O.[H-].[Na+]. The normalized spacial score (nSPS) is 5.50. The molecule has 0 fully saturated rings. The minimum Gasteiger partial charge on any atom is -1.00 e. The van der Waals surface area contributed by atoms with Crippen molar-refractivity contribution in [3.63, 3.8) is 0 Å². The van der Waals surface area contributed by atoms with Crippen molar-refractivity contribution in [2.75, 3.05) is 0 Å². The monoisotopic (exact) mass is 202 g/mol. The first-order valence-corrected chi connectivity index (χ1v) is 3.32. The van der Waals surface area contributed by atoms with Crippen molar-refractivity contribution in [2.24, 2.45) is 0 Å². The third kappa shape index (κ3) is 22.4. The molecule has 0 heterocycles. The van der Waals surface area contributed by atoms with Crippen molar-refractivity contribution in [2.45, 2.75) is 6.92 Å². The van der Waals surface area contributed by atoms with Crippen molar-refractivity contribution in [1.29, 1.82) is 10.8 Å². The van der Waals surface area contributed by atoms with Crippen LogP contribution in [0.2, 0.25) is 0 Å². The minimum atomic E-state index is 0. The molecule has 0 radical (unpaired) electrons. The number of carbonyl (C=O) groups excluding carboxylic acids is 2. The summed E-state index contributed by atoms with van der Waals surface area (Å²) >= 11 is 0. The van der Waals surface area contributed by atoms with Gasteiger partial charge in [-0.2, -0.15) is 0 Å². The van der Waals surface area contributed by atoms with Gasteiger partial charge in [-0.05, 0) is 6.92 Å². The maximum atomic E-state index is 8.35. The molecule has 0 aromatic heterocycles. The second-order valence-corrected chi connectivity index (χ2v) is 1.86. The van der Waals surface area contributed by atoms with E-state index in [4.69, 9.17) is 20.4 Å². The molecule has 0 aliphatic heterocycles. The van der Waals surface area contributed by atoms with E-state index in [-0.39, 0.29) is 31.0 Å². The average molecular weight is 202 g/mol. The summed E-state index contributed by atoms with van der Waals surface area (Å²) in [6.07, 6.45) is 1.50. The van der Waals surface area contributed by atoms with Crippen LogP contribution in [0.1, 0.15) is 6.99 Å². The predicted octanol–water partition coefficient (Wildman–Crippen LogP) is -1.09. The van der Waals surface area contributed by atoms with Crippen LogP contribution in [0.25, 0.3) is 0 Å². The molecule has 1 aromatic carbocycles. The molecule has 1 aromatic rings. The van der Waals surface area contributed by atoms with Gasteiger partial charge >= 0.3 is 29.6 Å². The maximum Gasteiger partial charge on any atom is 1.00 e. The molecule has 0 aliphatic carbocycles. The van der Waals surface area contributed by atoms with Crippen LogP contribution < -0.4 is 29.6 Å². The topological polar surface area (TPSA) is 81.8 Å². The van der Waals surface area contributed by atoms with Crippen molar-refractivity contribution in [3.05, 3.63) is 35.9 Å². The largest absolute Gasteiger partial charge is 1.00 e. The summed E-state index contributed by atoms with van der Waals surface area (Å²) in [5, 5.41) is 10.8. The molecule has 0 atom stereocenters. The van der Waals surface area contributed by atoms with E-state index in [1.165, 1.54) is 5.56 Å². The van der Waals surface area contributed by atoms with Crippen molar-refractivity contribution in [1.82, 2.24) is 0 Å². The summed E-state index contributed by atoms with van der Waals surface area (Å²) in [4.78, 5) is 16.7. The van der Waals surface area contributed by atoms with Gasteiger partial charge in [0.05, 0.1) is 0 Å². The molecule has 14 heavy (non-hydrogen) atoms. The van der Waals surface area contributed by atoms with Crippen LogP contribution in [0.4, 0.5) is 0 Å². The van der Waals surface area contributed by atoms with Gasteiger partial charge in [0.2, 0.25) is 12.2 Å². The number of benzene rings is 1. The summed E-state index contributed by atoms with van der Waals surface area (Å²) in [5.41, 5.74) is 1.32. The van der Waals surface area contributed by atoms with Crippen LogP contribution in [0.3, 0.4) is 0 Å². The van der Waals surface area contributed by atoms with E-state index in [1.807, 2.05) is 18.2 Å². The van der Waals surface area contributed by atoms with E-state index < -0.39 is 0 Å². The predicted molar refractivity (Wildman–Crippen MR) is 49.1 cm³/mol. The summed E-state index contributed by atoms with van der Waals surface area (Å²) in [6.45, 7) is 2.08. The van der Waals surface area contributed by atoms with Crippen LogP contribution in [-0.4, -0.2) is 12.2 Å². The first kappa shape index (κ1) is 18.7. The van der Waals surface area contributed by atoms with Crippen molar-refractivity contribution >= 4 is 12.2 Å². The number of rotatable bonds is 0. The van der Waals surface area contributed by atoms with Crippen molar-refractivity contribution < 1.29 is 40.6 Å². The summed E-state index contributed by atoms with van der Waals surface area (Å²) in [6, 6.07) is 10.3. The van der Waals surface area contributed by atoms with E-state index in [9.17, 15) is 0 Å². The zero-order chi connectivity index (χ0) is 10.5. The van der Waals surface area contributed by atoms with Gasteiger partial charge in [-0.1, -0.05) is 35.9 Å². The molecule has 0 amide bonds. The van der Waals surface area contributed by atoms with Gasteiger partial charge in [-0.25, -0.2) is 20.4 Å². The van der Waals surface area contributed by atoms with E-state index in [0.29, 0.717) is 0 Å². The zero-order valence-electron chi connectivity index (χ0n) is 9.20. The van der Waals surface area contributed by atoms with E-state index in [1.54, 1.807) is 0 Å². The Bertz CT molecular complexity index is 269. The number of aryl methyl sites for hydroxylation is 1. The second kappa shape index (κ2) is 17.9. The third-order valence-corrected chi connectivity index (χ3v) is 0.940. The Balaban J connectivity index is -0.0000000665. The van der Waals surface area contributed by atoms with Crippen LogP contribution in [0.15, 0.2) is 30.3 Å². The summed E-state index contributed by atoms with van der Waals surface area (Å²) in [5.74, 6) is 0. The first-order chi connectivity index (χ1) is 6.22. The van der Waals surface area contributed by atoms with E-state index >= 15 is 0 Å². The Hall–Kier alpha value is -1.02. The average Bonchev–Trinajstić information content (AvgIpc) is 2.08. The van der Waals surface area contributed by atoms with Crippen molar-refractivity contribution in [3.8, 4) is 0 Å². The molecule has 2 N–H and O–H groups in total. The van der Waals surface area contributed by atoms with E-state index in [2.05, 4.69) is 19.1 Å². The number of hydrogen-bond donors (Lipinski definition) is 2. The molecule has 5 heteroatoms. The Morgan fingerprint density at radius 2 is 1.36 bits per heavy atom. The Morgan fingerprint density at radius 1 is 1.07 bits per heavy atom. The van der Waals surface area contributed by atoms with Gasteiger partial charge in [-0.3, -0.25) is 0 Å². The fourth-order valence-corrected chi connectivity index (χ4v) is 0.534. The van der Waals surface area contributed by atoms with Gasteiger partial charge in [0, 0.05) is 0 Å². The molecule has 4 nitrogen and oxygen atoms in total. The summed E-state index contributed by atoms with van der Waals surface area (Å²) in [7, 11) is 0. The molecule has 0 bridgehead atoms. The number of nitrogens with one attached hydrogen (secondary N) is 2. The zero-order valence-corrected chi connectivity index (χ0v) is 10.2. The van der Waals surface area contributed by atoms with Crippen LogP contribution >= 0.6 is 0 Å². The second-order valence-electron chi connectivity index (χ2n) is 1.86. The maximum absolute atomic E-state index is 8.35. The Labute approximate surface area is 106 Å². The molecular weight excluding hydrogens is 191 g/mol. The quantitative estimate of drug-likeness (QED) is 0.318. The molecule has 0 saturated carbocycles. The van der Waals surface area contributed by atoms with Crippen LogP contribution in [0.5, 0.6) is 0 Å². The minimum absolute atomic E-state index is 0. The van der Waals surface area contributed by atoms with Gasteiger partial charge in [-0.15, -0.1) is 0 Å². The van der Waals surface area contributed by atoms with Crippen LogP contribution in [-0.2, 0) is 9.59 Å². The fraction of sp³-hybridized carbons (Fsp3) is 0.111. The van der Waals surface area contributed by atoms with Gasteiger partial charge in [0.1, 0.15) is 0 Å². The van der Waals surface area contributed by atoms with E-state index in [0.717, 1.165) is 12.2 Å². The van der Waals surface area contributed by atoms with Gasteiger partial charge in [0.15, 0.2) is 0 Å². The smallest absolute Gasteiger partial charge is 1.00 e. The molecule has 1 rings (SSSR count). The molecule has 0 aliphatic rings. The van der Waals surface area contributed by atoms with Crippen LogP contribution in [0, 0.1) is 17.7 Å². The van der Waals surface area contributed by atoms with Gasteiger partial charge in [0.25, 0.3) is 0 Å². The fourth-order valence-electron chi connectivity index (χ4n) is 0.534. The number of isocyanates is 2. The molecule has 0 unspecified atom stereocenters.